The van der Waals surface area contributed by atoms with Gasteiger partial charge < -0.3 is 15.3 Å². The van der Waals surface area contributed by atoms with Crippen molar-refractivity contribution in [2.24, 2.45) is 5.84 Å². The molecule has 0 bridgehead atoms. The molecule has 7 nitrogen and oxygen atoms in total. The Morgan fingerprint density at radius 2 is 2.12 bits per heavy atom. The zero-order chi connectivity index (χ0) is 12.8. The second-order valence-corrected chi connectivity index (χ2v) is 3.46. The number of hydrazine groups is 1. The fraction of sp³-hybridized carbons (Fsp3) is 0.300. The summed E-state index contributed by atoms with van der Waals surface area (Å²) in [6, 6.07) is 3.50. The minimum atomic E-state index is -1.07. The number of hydrogen-bond donors (Lipinski definition) is 6. The first kappa shape index (κ1) is 13.2. The van der Waals surface area contributed by atoms with Crippen molar-refractivity contribution < 1.29 is 20.1 Å². The Balaban J connectivity index is 2.78. The van der Waals surface area contributed by atoms with Crippen LogP contribution in [0.15, 0.2) is 18.2 Å². The smallest absolute Gasteiger partial charge is 0.321 e. The molecule has 0 fully saturated rings. The lowest BCUT2D eigenvalue weighted by atomic mass is 10.0. The highest BCUT2D eigenvalue weighted by molar-refractivity contribution is 5.74. The summed E-state index contributed by atoms with van der Waals surface area (Å²) in [6.07, 6.45) is 0.0389. The van der Waals surface area contributed by atoms with Gasteiger partial charge in [0.15, 0.2) is 11.5 Å². The number of hydrogen-bond acceptors (Lipinski definition) is 6. The van der Waals surface area contributed by atoms with Gasteiger partial charge in [0, 0.05) is 6.42 Å². The number of aromatic hydroxyl groups is 2. The number of nitrogens with two attached hydrogens (primary N) is 1. The molecule has 7 heteroatoms. The molecule has 0 saturated carbocycles. The van der Waals surface area contributed by atoms with Crippen LogP contribution in [0.25, 0.3) is 0 Å². The highest BCUT2D eigenvalue weighted by atomic mass is 16.4. The number of para-hydroxylation sites is 1. The zero-order valence-corrected chi connectivity index (χ0v) is 9.05. The molecule has 1 atom stereocenters. The second kappa shape index (κ2) is 6.04. The van der Waals surface area contributed by atoms with E-state index in [0.29, 0.717) is 5.56 Å². The van der Waals surface area contributed by atoms with E-state index in [9.17, 15) is 15.0 Å². The average molecular weight is 241 g/mol. The minimum Gasteiger partial charge on any atom is -0.504 e. The molecule has 0 amide bonds. The van der Waals surface area contributed by atoms with E-state index in [0.717, 1.165) is 0 Å². The quantitative estimate of drug-likeness (QED) is 0.165. The number of benzene rings is 1. The molecule has 0 spiro atoms. The number of phenolic OH excluding ortho intramolecular Hbond substituents is 2. The summed E-state index contributed by atoms with van der Waals surface area (Å²) >= 11 is 0. The topological polar surface area (TPSA) is 128 Å². The van der Waals surface area contributed by atoms with Crippen LogP contribution in [0.5, 0.6) is 11.5 Å². The number of carbonyl (C=O) groups is 1. The molecular weight excluding hydrogens is 226 g/mol. The molecular formula is C10H15N3O4. The Labute approximate surface area is 97.8 Å². The van der Waals surface area contributed by atoms with Crippen LogP contribution in [0, 0.1) is 0 Å². The number of nitrogens with one attached hydrogen (secondary N) is 2. The summed E-state index contributed by atoms with van der Waals surface area (Å²) in [5.74, 6) is 3.38. The van der Waals surface area contributed by atoms with Gasteiger partial charge in [-0.15, -0.1) is 0 Å². The van der Waals surface area contributed by atoms with E-state index in [4.69, 9.17) is 10.9 Å². The van der Waals surface area contributed by atoms with Gasteiger partial charge in [-0.2, -0.15) is 0 Å². The number of phenols is 2. The lowest BCUT2D eigenvalue weighted by molar-refractivity contribution is -0.139. The van der Waals surface area contributed by atoms with Crippen LogP contribution in [-0.2, 0) is 11.2 Å². The third-order valence-corrected chi connectivity index (χ3v) is 2.27. The fourth-order valence-electron chi connectivity index (χ4n) is 1.39. The largest absolute Gasteiger partial charge is 0.504 e. The van der Waals surface area contributed by atoms with Gasteiger partial charge in [-0.1, -0.05) is 12.1 Å². The van der Waals surface area contributed by atoms with Crippen LogP contribution in [0.1, 0.15) is 5.56 Å². The van der Waals surface area contributed by atoms with Gasteiger partial charge in [0.1, 0.15) is 6.04 Å². The predicted octanol–water partition coefficient (Wildman–Crippen LogP) is -0.896. The number of carboxylic acid groups (broad SMARTS) is 1. The first-order chi connectivity index (χ1) is 8.06. The summed E-state index contributed by atoms with van der Waals surface area (Å²) in [7, 11) is 0. The summed E-state index contributed by atoms with van der Waals surface area (Å²) in [4.78, 5) is 10.9. The predicted molar refractivity (Wildman–Crippen MR) is 60.2 cm³/mol. The maximum Gasteiger partial charge on any atom is 0.321 e. The maximum absolute atomic E-state index is 10.9. The third kappa shape index (κ3) is 3.59. The minimum absolute atomic E-state index is 0.0389. The van der Waals surface area contributed by atoms with E-state index in [1.807, 2.05) is 0 Å². The van der Waals surface area contributed by atoms with E-state index in [2.05, 4.69) is 10.7 Å². The van der Waals surface area contributed by atoms with Crippen LogP contribution in [0.3, 0.4) is 0 Å². The van der Waals surface area contributed by atoms with Gasteiger partial charge in [-0.25, -0.2) is 5.43 Å². The lowest BCUT2D eigenvalue weighted by Crippen LogP contribution is -2.45. The molecule has 17 heavy (non-hydrogen) atoms. The van der Waals surface area contributed by atoms with Crippen molar-refractivity contribution >= 4 is 5.97 Å². The summed E-state index contributed by atoms with van der Waals surface area (Å²) in [5, 5.41) is 30.4. The van der Waals surface area contributed by atoms with Gasteiger partial charge >= 0.3 is 5.97 Å². The lowest BCUT2D eigenvalue weighted by Gasteiger charge is -2.15. The molecule has 1 rings (SSSR count). The van der Waals surface area contributed by atoms with Gasteiger partial charge in [0.2, 0.25) is 0 Å². The summed E-state index contributed by atoms with van der Waals surface area (Å²) in [5.41, 5.74) is 2.63. The first-order valence-corrected chi connectivity index (χ1v) is 4.95. The second-order valence-electron chi connectivity index (χ2n) is 3.46. The Morgan fingerprint density at radius 1 is 1.41 bits per heavy atom. The number of carboxylic acids is 1. The van der Waals surface area contributed by atoms with Crippen molar-refractivity contribution in [2.45, 2.75) is 12.5 Å². The molecule has 0 aromatic heterocycles. The van der Waals surface area contributed by atoms with E-state index < -0.39 is 12.0 Å². The summed E-state index contributed by atoms with van der Waals surface area (Å²) in [6.45, 7) is 0.122. The molecule has 1 unspecified atom stereocenters. The van der Waals surface area contributed by atoms with Crippen LogP contribution in [0.4, 0.5) is 0 Å². The van der Waals surface area contributed by atoms with Crippen LogP contribution < -0.4 is 16.6 Å². The highest BCUT2D eigenvalue weighted by Crippen LogP contribution is 2.28. The van der Waals surface area contributed by atoms with Gasteiger partial charge in [0.25, 0.3) is 0 Å². The molecule has 94 valence electrons. The molecule has 0 radical (unpaired) electrons. The van der Waals surface area contributed by atoms with Crippen molar-refractivity contribution in [2.75, 3.05) is 6.67 Å². The summed E-state index contributed by atoms with van der Waals surface area (Å²) < 4.78 is 0. The Bertz CT molecular complexity index is 397. The third-order valence-electron chi connectivity index (χ3n) is 2.27. The van der Waals surface area contributed by atoms with Crippen molar-refractivity contribution in [3.8, 4) is 11.5 Å². The Morgan fingerprint density at radius 3 is 2.71 bits per heavy atom. The van der Waals surface area contributed by atoms with E-state index in [1.54, 1.807) is 6.07 Å². The van der Waals surface area contributed by atoms with Crippen LogP contribution in [0.2, 0.25) is 0 Å². The highest BCUT2D eigenvalue weighted by Gasteiger charge is 2.19. The maximum atomic E-state index is 10.9. The van der Waals surface area contributed by atoms with Crippen molar-refractivity contribution in [1.82, 2.24) is 10.7 Å². The first-order valence-electron chi connectivity index (χ1n) is 4.95. The van der Waals surface area contributed by atoms with E-state index in [-0.39, 0.29) is 24.6 Å². The molecule has 7 N–H and O–H groups in total. The van der Waals surface area contributed by atoms with Crippen molar-refractivity contribution in [1.29, 1.82) is 0 Å². The fourth-order valence-corrected chi connectivity index (χ4v) is 1.39. The SMILES string of the molecule is NNCNC(Cc1cccc(O)c1O)C(=O)O. The monoisotopic (exact) mass is 241 g/mol. The normalized spacial score (nSPS) is 12.3. The van der Waals surface area contributed by atoms with Crippen molar-refractivity contribution in [3.05, 3.63) is 23.8 Å². The molecule has 0 heterocycles. The number of aliphatic carboxylic acids is 1. The van der Waals surface area contributed by atoms with Crippen LogP contribution in [-0.4, -0.2) is 34.0 Å². The zero-order valence-electron chi connectivity index (χ0n) is 9.05. The van der Waals surface area contributed by atoms with Gasteiger partial charge in [0.05, 0.1) is 6.67 Å². The van der Waals surface area contributed by atoms with Crippen LogP contribution >= 0.6 is 0 Å². The van der Waals surface area contributed by atoms with E-state index in [1.165, 1.54) is 12.1 Å². The van der Waals surface area contributed by atoms with Crippen molar-refractivity contribution in [3.63, 3.8) is 0 Å². The molecule has 0 aliphatic heterocycles. The Hall–Kier alpha value is -1.83. The molecule has 1 aromatic rings. The average Bonchev–Trinajstić information content (AvgIpc) is 2.29. The molecule has 1 aromatic carbocycles. The van der Waals surface area contributed by atoms with Gasteiger partial charge in [-0.05, 0) is 11.6 Å². The van der Waals surface area contributed by atoms with E-state index >= 15 is 0 Å². The Kier molecular flexibility index (Phi) is 4.70. The van der Waals surface area contributed by atoms with Gasteiger partial charge in [-0.3, -0.25) is 16.0 Å². The molecule has 0 aliphatic rings. The standard InChI is InChI=1S/C10H15N3O4/c11-13-5-12-7(10(16)17)4-6-2-1-3-8(14)9(6)15/h1-3,7,12-15H,4-5,11H2,(H,16,17). The molecule has 0 aliphatic carbocycles. The number of rotatable bonds is 6. The molecule has 0 saturated heterocycles.